The van der Waals surface area contributed by atoms with Crippen LogP contribution in [-0.4, -0.2) is 65.9 Å². The second-order valence-electron chi connectivity index (χ2n) is 10.1. The van der Waals surface area contributed by atoms with Crippen LogP contribution >= 0.6 is 23.2 Å². The lowest BCUT2D eigenvalue weighted by Crippen LogP contribution is -2.48. The van der Waals surface area contributed by atoms with Crippen molar-refractivity contribution in [1.82, 2.24) is 14.5 Å². The van der Waals surface area contributed by atoms with Gasteiger partial charge in [-0.1, -0.05) is 47.5 Å². The number of carbonyl (C=O) groups excluding carboxylic acids is 1. The summed E-state index contributed by atoms with van der Waals surface area (Å²) in [5.74, 6) is -0.268. The largest absolute Gasteiger partial charge is 0.491 e. The van der Waals surface area contributed by atoms with Crippen molar-refractivity contribution in [3.63, 3.8) is 0 Å². The van der Waals surface area contributed by atoms with Crippen molar-refractivity contribution in [2.24, 2.45) is 0 Å². The summed E-state index contributed by atoms with van der Waals surface area (Å²) in [5.41, 5.74) is 2.53. The number of nitrogens with zero attached hydrogens (tertiary/aromatic N) is 4. The third-order valence-electron chi connectivity index (χ3n) is 7.38. The van der Waals surface area contributed by atoms with Crippen LogP contribution in [0.2, 0.25) is 10.0 Å². The van der Waals surface area contributed by atoms with Crippen molar-refractivity contribution in [3.05, 3.63) is 113 Å². The van der Waals surface area contributed by atoms with E-state index >= 15 is 0 Å². The minimum absolute atomic E-state index is 0.0829. The fraction of sp³-hybridized carbons (Fsp3) is 0.290. The second kappa shape index (κ2) is 12.1. The van der Waals surface area contributed by atoms with Crippen LogP contribution in [0.15, 0.2) is 91.5 Å². The monoisotopic (exact) mass is 592 g/mol. The van der Waals surface area contributed by atoms with Gasteiger partial charge in [0.25, 0.3) is 5.91 Å². The van der Waals surface area contributed by atoms with E-state index in [1.807, 2.05) is 76.3 Å². The molecule has 212 valence electrons. The number of ether oxygens (including phenoxy) is 3. The third kappa shape index (κ3) is 6.21. The van der Waals surface area contributed by atoms with Gasteiger partial charge in [-0.3, -0.25) is 4.79 Å². The molecule has 0 radical (unpaired) electrons. The van der Waals surface area contributed by atoms with E-state index in [9.17, 15) is 4.79 Å². The van der Waals surface area contributed by atoms with E-state index in [0.29, 0.717) is 48.5 Å². The van der Waals surface area contributed by atoms with Gasteiger partial charge in [0.2, 0.25) is 5.79 Å². The van der Waals surface area contributed by atoms with Crippen LogP contribution in [0, 0.1) is 0 Å². The van der Waals surface area contributed by atoms with Crippen LogP contribution in [-0.2, 0) is 21.8 Å². The Kier molecular flexibility index (Phi) is 8.16. The Balaban J connectivity index is 1.05. The minimum Gasteiger partial charge on any atom is -0.491 e. The van der Waals surface area contributed by atoms with Gasteiger partial charge in [-0.15, -0.1) is 0 Å². The SMILES string of the molecule is O=C(c1ccccc1)N1CCN(c2ccc(OCC3COC(Cn4ccnc4)(c4ccc(Cl)cc4Cl)O3)cc2)CC1. The molecule has 3 aromatic carbocycles. The van der Waals surface area contributed by atoms with Crippen LogP contribution in [0.5, 0.6) is 5.75 Å². The fourth-order valence-corrected chi connectivity index (χ4v) is 5.80. The maximum absolute atomic E-state index is 12.8. The van der Waals surface area contributed by atoms with E-state index in [1.165, 1.54) is 0 Å². The molecule has 2 atom stereocenters. The molecule has 1 amide bonds. The zero-order valence-electron chi connectivity index (χ0n) is 22.4. The molecule has 0 aliphatic carbocycles. The number of hydrogen-bond acceptors (Lipinski definition) is 6. The first-order valence-corrected chi connectivity index (χ1v) is 14.3. The lowest BCUT2D eigenvalue weighted by Gasteiger charge is -2.36. The summed E-state index contributed by atoms with van der Waals surface area (Å²) >= 11 is 12.7. The van der Waals surface area contributed by atoms with Crippen LogP contribution < -0.4 is 9.64 Å². The zero-order valence-corrected chi connectivity index (χ0v) is 23.9. The van der Waals surface area contributed by atoms with Gasteiger partial charge >= 0.3 is 0 Å². The van der Waals surface area contributed by atoms with Crippen LogP contribution in [0.3, 0.4) is 0 Å². The summed E-state index contributed by atoms with van der Waals surface area (Å²) in [6.45, 7) is 3.96. The normalized spacial score (nSPS) is 20.8. The molecule has 6 rings (SSSR count). The van der Waals surface area contributed by atoms with Gasteiger partial charge in [0.05, 0.1) is 24.5 Å². The van der Waals surface area contributed by atoms with Gasteiger partial charge < -0.3 is 28.6 Å². The van der Waals surface area contributed by atoms with E-state index in [4.69, 9.17) is 37.4 Å². The molecule has 41 heavy (non-hydrogen) atoms. The van der Waals surface area contributed by atoms with E-state index in [0.717, 1.165) is 30.1 Å². The van der Waals surface area contributed by atoms with E-state index in [1.54, 1.807) is 24.7 Å². The van der Waals surface area contributed by atoms with Gasteiger partial charge in [0.15, 0.2) is 0 Å². The molecule has 10 heteroatoms. The minimum atomic E-state index is -1.09. The van der Waals surface area contributed by atoms with Gasteiger partial charge in [-0.05, 0) is 48.5 Å². The Bertz CT molecular complexity index is 1460. The quantitative estimate of drug-likeness (QED) is 0.269. The molecule has 8 nitrogen and oxygen atoms in total. The van der Waals surface area contributed by atoms with Gasteiger partial charge in [-0.2, -0.15) is 0 Å². The lowest BCUT2D eigenvalue weighted by atomic mass is 10.1. The Labute approximate surface area is 249 Å². The van der Waals surface area contributed by atoms with Gasteiger partial charge in [0.1, 0.15) is 18.5 Å². The van der Waals surface area contributed by atoms with Crippen molar-refractivity contribution >= 4 is 34.8 Å². The summed E-state index contributed by atoms with van der Waals surface area (Å²) in [6.07, 6.45) is 4.97. The molecular weight excluding hydrogens is 563 g/mol. The van der Waals surface area contributed by atoms with Crippen LogP contribution in [0.25, 0.3) is 0 Å². The molecule has 1 aromatic heterocycles. The first kappa shape index (κ1) is 27.6. The molecule has 2 unspecified atom stereocenters. The average molecular weight is 594 g/mol. The van der Waals surface area contributed by atoms with Crippen molar-refractivity contribution in [3.8, 4) is 5.75 Å². The van der Waals surface area contributed by atoms with Crippen molar-refractivity contribution in [1.29, 1.82) is 0 Å². The number of imidazole rings is 1. The molecule has 2 aliphatic heterocycles. The molecule has 0 N–H and O–H groups in total. The smallest absolute Gasteiger partial charge is 0.253 e. The fourth-order valence-electron chi connectivity index (χ4n) is 5.25. The maximum atomic E-state index is 12.8. The number of piperazine rings is 1. The predicted molar refractivity (Wildman–Crippen MR) is 158 cm³/mol. The van der Waals surface area contributed by atoms with E-state index in [-0.39, 0.29) is 12.0 Å². The average Bonchev–Trinajstić information content (AvgIpc) is 3.67. The summed E-state index contributed by atoms with van der Waals surface area (Å²) < 4.78 is 20.7. The molecule has 0 saturated carbocycles. The molecule has 4 aromatic rings. The van der Waals surface area contributed by atoms with Crippen LogP contribution in [0.4, 0.5) is 5.69 Å². The highest BCUT2D eigenvalue weighted by atomic mass is 35.5. The molecule has 0 bridgehead atoms. The molecule has 2 saturated heterocycles. The first-order valence-electron chi connectivity index (χ1n) is 13.5. The van der Waals surface area contributed by atoms with Gasteiger partial charge in [-0.25, -0.2) is 4.98 Å². The summed E-state index contributed by atoms with van der Waals surface area (Å²) in [6, 6.07) is 22.8. The Hall–Kier alpha value is -3.56. The third-order valence-corrected chi connectivity index (χ3v) is 7.92. The molecule has 0 spiro atoms. The Morgan fingerprint density at radius 2 is 1.78 bits per heavy atom. The lowest BCUT2D eigenvalue weighted by molar-refractivity contribution is -0.189. The van der Waals surface area contributed by atoms with E-state index in [2.05, 4.69) is 9.88 Å². The first-order chi connectivity index (χ1) is 20.0. The number of hydrogen-bond donors (Lipinski definition) is 0. The van der Waals surface area contributed by atoms with Gasteiger partial charge in [0, 0.05) is 60.4 Å². The maximum Gasteiger partial charge on any atom is 0.253 e. The molecular formula is C31H30Cl2N4O4. The number of rotatable bonds is 8. The summed E-state index contributed by atoms with van der Waals surface area (Å²) in [5, 5.41) is 1.01. The summed E-state index contributed by atoms with van der Waals surface area (Å²) in [4.78, 5) is 21.1. The van der Waals surface area contributed by atoms with E-state index < -0.39 is 5.79 Å². The number of aromatic nitrogens is 2. The standard InChI is InChI=1S/C31H30Cl2N4O4/c32-24-6-11-28(29(33)18-24)31(21-35-13-12-34-22-35)40-20-27(41-31)19-39-26-9-7-25(8-10-26)36-14-16-37(17-15-36)30(38)23-4-2-1-3-5-23/h1-13,18,22,27H,14-17,19-21H2. The van der Waals surface area contributed by atoms with Crippen molar-refractivity contribution in [2.45, 2.75) is 18.4 Å². The number of amides is 1. The summed E-state index contributed by atoms with van der Waals surface area (Å²) in [7, 11) is 0. The number of halogens is 2. The number of anilines is 1. The number of benzene rings is 3. The highest BCUT2D eigenvalue weighted by Gasteiger charge is 2.45. The van der Waals surface area contributed by atoms with Crippen molar-refractivity contribution in [2.75, 3.05) is 44.3 Å². The highest BCUT2D eigenvalue weighted by molar-refractivity contribution is 6.35. The van der Waals surface area contributed by atoms with Crippen LogP contribution in [0.1, 0.15) is 15.9 Å². The molecule has 2 fully saturated rings. The van der Waals surface area contributed by atoms with Crippen molar-refractivity contribution < 1.29 is 19.0 Å². The molecule has 2 aliphatic rings. The number of carbonyl (C=O) groups is 1. The predicted octanol–water partition coefficient (Wildman–Crippen LogP) is 5.50. The topological polar surface area (TPSA) is 69.1 Å². The molecule has 3 heterocycles. The highest BCUT2D eigenvalue weighted by Crippen LogP contribution is 2.40. The Morgan fingerprint density at radius 3 is 2.49 bits per heavy atom. The zero-order chi connectivity index (χ0) is 28.2. The second-order valence-corrected chi connectivity index (χ2v) is 11.0. The Morgan fingerprint density at radius 1 is 1.00 bits per heavy atom.